The van der Waals surface area contributed by atoms with Gasteiger partial charge in [-0.25, -0.2) is 4.79 Å². The van der Waals surface area contributed by atoms with Crippen LogP contribution in [0.2, 0.25) is 6.04 Å². The number of carbonyl (C=O) groups excluding carboxylic acids is 1. The van der Waals surface area contributed by atoms with Crippen molar-refractivity contribution in [2.24, 2.45) is 5.92 Å². The summed E-state index contributed by atoms with van der Waals surface area (Å²) in [4.78, 5) is 14.7. The molecule has 1 fully saturated rings. The zero-order valence-corrected chi connectivity index (χ0v) is 19.1. The summed E-state index contributed by atoms with van der Waals surface area (Å²) < 4.78 is 17.6. The third-order valence-electron chi connectivity index (χ3n) is 5.05. The van der Waals surface area contributed by atoms with Gasteiger partial charge in [-0.15, -0.1) is 0 Å². The molecular formula is C20H42N2O4Si. The second-order valence-corrected chi connectivity index (χ2v) is 10.00. The van der Waals surface area contributed by atoms with Crippen molar-refractivity contribution in [2.75, 3.05) is 39.5 Å². The first-order chi connectivity index (χ1) is 13.1. The van der Waals surface area contributed by atoms with Crippen LogP contribution in [0.3, 0.4) is 0 Å². The molecule has 7 heteroatoms. The fraction of sp³-hybridized carbons (Fsp3) is 0.950. The Morgan fingerprint density at radius 3 is 2.11 bits per heavy atom. The van der Waals surface area contributed by atoms with Crippen molar-refractivity contribution in [1.82, 2.24) is 10.2 Å². The van der Waals surface area contributed by atoms with Crippen molar-refractivity contribution in [3.8, 4) is 0 Å². The maximum absolute atomic E-state index is 12.7. The highest BCUT2D eigenvalue weighted by Crippen LogP contribution is 2.25. The monoisotopic (exact) mass is 402 g/mol. The minimum absolute atomic E-state index is 0.0758. The molecule has 2 amide bonds. The first-order valence-corrected chi connectivity index (χ1v) is 13.0. The van der Waals surface area contributed by atoms with E-state index in [0.29, 0.717) is 32.3 Å². The highest BCUT2D eigenvalue weighted by atomic mass is 28.4. The van der Waals surface area contributed by atoms with Crippen LogP contribution < -0.4 is 5.32 Å². The van der Waals surface area contributed by atoms with Gasteiger partial charge in [-0.05, 0) is 52.4 Å². The summed E-state index contributed by atoms with van der Waals surface area (Å²) in [6.07, 6.45) is 8.14. The molecule has 0 atom stereocenters. The normalized spacial score (nSPS) is 15.3. The number of hydrogen-bond acceptors (Lipinski definition) is 4. The van der Waals surface area contributed by atoms with Gasteiger partial charge in [-0.1, -0.05) is 26.2 Å². The molecule has 6 nitrogen and oxygen atoms in total. The van der Waals surface area contributed by atoms with Crippen LogP contribution in [0.25, 0.3) is 0 Å². The van der Waals surface area contributed by atoms with E-state index in [-0.39, 0.29) is 6.03 Å². The molecule has 1 aliphatic carbocycles. The lowest BCUT2D eigenvalue weighted by atomic mass is 10.1. The molecule has 27 heavy (non-hydrogen) atoms. The molecule has 0 aromatic rings. The van der Waals surface area contributed by atoms with Crippen LogP contribution in [0.15, 0.2) is 0 Å². The number of nitrogens with one attached hydrogen (secondary N) is 1. The Hall–Kier alpha value is -0.633. The van der Waals surface area contributed by atoms with Crippen molar-refractivity contribution < 1.29 is 18.1 Å². The molecule has 0 aromatic carbocycles. The average molecular weight is 403 g/mol. The molecule has 1 aliphatic rings. The van der Waals surface area contributed by atoms with Gasteiger partial charge >= 0.3 is 14.8 Å². The van der Waals surface area contributed by atoms with Crippen LogP contribution in [-0.4, -0.2) is 59.2 Å². The van der Waals surface area contributed by atoms with Crippen molar-refractivity contribution in [3.05, 3.63) is 0 Å². The lowest BCUT2D eigenvalue weighted by Crippen LogP contribution is -2.47. The molecule has 1 N–H and O–H groups in total. The molecule has 0 aromatic heterocycles. The Balaban J connectivity index is 2.45. The Morgan fingerprint density at radius 2 is 1.59 bits per heavy atom. The van der Waals surface area contributed by atoms with Gasteiger partial charge in [0.15, 0.2) is 0 Å². The van der Waals surface area contributed by atoms with E-state index in [4.69, 9.17) is 13.3 Å². The summed E-state index contributed by atoms with van der Waals surface area (Å²) in [5, 5.41) is 3.11. The second kappa shape index (κ2) is 14.4. The van der Waals surface area contributed by atoms with Crippen LogP contribution in [0, 0.1) is 5.92 Å². The maximum atomic E-state index is 12.7. The summed E-state index contributed by atoms with van der Waals surface area (Å²) in [5.41, 5.74) is 0. The Labute approximate surface area is 167 Å². The van der Waals surface area contributed by atoms with Gasteiger partial charge in [0.05, 0.1) is 0 Å². The van der Waals surface area contributed by atoms with E-state index in [0.717, 1.165) is 38.4 Å². The summed E-state index contributed by atoms with van der Waals surface area (Å²) in [6.45, 7) is 12.2. The van der Waals surface area contributed by atoms with E-state index in [9.17, 15) is 4.79 Å². The molecule has 0 saturated heterocycles. The molecule has 0 aliphatic heterocycles. The van der Waals surface area contributed by atoms with Crippen molar-refractivity contribution in [3.63, 3.8) is 0 Å². The van der Waals surface area contributed by atoms with E-state index in [1.54, 1.807) is 0 Å². The summed E-state index contributed by atoms with van der Waals surface area (Å²) in [6, 6.07) is 0.812. The van der Waals surface area contributed by atoms with E-state index in [2.05, 4.69) is 12.2 Å². The van der Waals surface area contributed by atoms with Gasteiger partial charge in [-0.3, -0.25) is 0 Å². The highest BCUT2D eigenvalue weighted by molar-refractivity contribution is 6.60. The van der Waals surface area contributed by atoms with Crippen molar-refractivity contribution in [1.29, 1.82) is 0 Å². The number of nitrogens with zero attached hydrogens (tertiary/aromatic N) is 1. The van der Waals surface area contributed by atoms with E-state index < -0.39 is 8.80 Å². The number of unbranched alkanes of at least 4 members (excludes halogenated alkanes) is 1. The standard InChI is InChI=1S/C20H42N2O4Si/c1-5-9-16-22(18-19-13-10-11-14-19)20(23)21-15-12-17-27(24-6-2,25-7-3)26-8-4/h19H,5-18H2,1-4H3,(H,21,23). The molecule has 0 radical (unpaired) electrons. The molecular weight excluding hydrogens is 360 g/mol. The third kappa shape index (κ3) is 9.41. The fourth-order valence-electron chi connectivity index (χ4n) is 3.74. The van der Waals surface area contributed by atoms with Crippen LogP contribution in [-0.2, 0) is 13.3 Å². The maximum Gasteiger partial charge on any atom is 0.500 e. The van der Waals surface area contributed by atoms with E-state index in [1.807, 2.05) is 25.7 Å². The topological polar surface area (TPSA) is 60.0 Å². The lowest BCUT2D eigenvalue weighted by Gasteiger charge is -2.29. The third-order valence-corrected chi connectivity index (χ3v) is 8.20. The van der Waals surface area contributed by atoms with Gasteiger partial charge < -0.3 is 23.5 Å². The van der Waals surface area contributed by atoms with Gasteiger partial charge in [0, 0.05) is 45.5 Å². The largest absolute Gasteiger partial charge is 0.500 e. The number of carbonyl (C=O) groups is 1. The zero-order valence-electron chi connectivity index (χ0n) is 18.1. The summed E-state index contributed by atoms with van der Waals surface area (Å²) >= 11 is 0. The number of rotatable bonds is 15. The van der Waals surface area contributed by atoms with E-state index in [1.165, 1.54) is 25.7 Å². The minimum Gasteiger partial charge on any atom is -0.374 e. The Kier molecular flexibility index (Phi) is 13.0. The first kappa shape index (κ1) is 24.4. The van der Waals surface area contributed by atoms with Gasteiger partial charge in [0.1, 0.15) is 0 Å². The van der Waals surface area contributed by atoms with Crippen LogP contribution in [0.5, 0.6) is 0 Å². The number of amides is 2. The predicted octanol–water partition coefficient (Wildman–Crippen LogP) is 4.43. The predicted molar refractivity (Wildman–Crippen MR) is 112 cm³/mol. The molecule has 160 valence electrons. The van der Waals surface area contributed by atoms with Crippen molar-refractivity contribution in [2.45, 2.75) is 78.7 Å². The van der Waals surface area contributed by atoms with Gasteiger partial charge in [-0.2, -0.15) is 0 Å². The van der Waals surface area contributed by atoms with Gasteiger partial charge in [0.25, 0.3) is 0 Å². The lowest BCUT2D eigenvalue weighted by molar-refractivity contribution is 0.0708. The molecule has 1 rings (SSSR count). The van der Waals surface area contributed by atoms with Gasteiger partial charge in [0.2, 0.25) is 0 Å². The summed E-state index contributed by atoms with van der Waals surface area (Å²) in [5.74, 6) is 0.682. The van der Waals surface area contributed by atoms with E-state index >= 15 is 0 Å². The van der Waals surface area contributed by atoms with Crippen LogP contribution in [0.4, 0.5) is 4.79 Å². The Bertz CT molecular complexity index is 375. The minimum atomic E-state index is -2.61. The molecule has 0 heterocycles. The van der Waals surface area contributed by atoms with Crippen LogP contribution in [0.1, 0.15) is 72.6 Å². The number of hydrogen-bond donors (Lipinski definition) is 1. The Morgan fingerprint density at radius 1 is 1.00 bits per heavy atom. The summed E-state index contributed by atoms with van der Waals surface area (Å²) in [7, 11) is -2.61. The molecule has 0 unspecified atom stereocenters. The van der Waals surface area contributed by atoms with Crippen molar-refractivity contribution >= 4 is 14.8 Å². The van der Waals surface area contributed by atoms with Crippen LogP contribution >= 0.6 is 0 Å². The smallest absolute Gasteiger partial charge is 0.374 e. The zero-order chi connectivity index (χ0) is 20.0. The SMILES string of the molecule is CCCCN(CC1CCCC1)C(=O)NCCC[Si](OCC)(OCC)OCC. The first-order valence-electron chi connectivity index (χ1n) is 11.0. The number of urea groups is 1. The highest BCUT2D eigenvalue weighted by Gasteiger charge is 2.39. The molecule has 0 spiro atoms. The second-order valence-electron chi connectivity index (χ2n) is 7.27. The molecule has 1 saturated carbocycles. The fourth-order valence-corrected chi connectivity index (χ4v) is 6.35. The molecule has 0 bridgehead atoms. The quantitative estimate of drug-likeness (QED) is 0.325. The average Bonchev–Trinajstić information content (AvgIpc) is 3.16.